The molecule has 0 unspecified atom stereocenters. The lowest BCUT2D eigenvalue weighted by atomic mass is 10.1. The number of rotatable bonds is 6. The highest BCUT2D eigenvalue weighted by Gasteiger charge is 2.19. The molecule has 3 nitrogen and oxygen atoms in total. The van der Waals surface area contributed by atoms with Gasteiger partial charge in [-0.15, -0.1) is 0 Å². The van der Waals surface area contributed by atoms with E-state index in [1.165, 1.54) is 23.9 Å². The Morgan fingerprint density at radius 2 is 2.14 bits per heavy atom. The van der Waals surface area contributed by atoms with Crippen LogP contribution in [0.3, 0.4) is 0 Å². The zero-order valence-electron chi connectivity index (χ0n) is 12.6. The lowest BCUT2D eigenvalue weighted by Gasteiger charge is -2.11. The van der Waals surface area contributed by atoms with Gasteiger partial charge in [-0.3, -0.25) is 0 Å². The summed E-state index contributed by atoms with van der Waals surface area (Å²) in [5.41, 5.74) is 1.01. The molecule has 1 aromatic heterocycles. The van der Waals surface area contributed by atoms with Gasteiger partial charge >= 0.3 is 0 Å². The van der Waals surface area contributed by atoms with Crippen LogP contribution in [0.2, 0.25) is 0 Å². The Morgan fingerprint density at radius 3 is 2.71 bits per heavy atom. The minimum Gasteiger partial charge on any atom is -0.396 e. The first kappa shape index (κ1) is 16.0. The van der Waals surface area contributed by atoms with Crippen molar-refractivity contribution in [1.29, 1.82) is 0 Å². The van der Waals surface area contributed by atoms with Crippen LogP contribution in [0.1, 0.15) is 38.2 Å². The summed E-state index contributed by atoms with van der Waals surface area (Å²) in [5.74, 6) is 0.943. The summed E-state index contributed by atoms with van der Waals surface area (Å²) in [5, 5.41) is 10.2. The van der Waals surface area contributed by atoms with Crippen molar-refractivity contribution >= 4 is 11.8 Å². The van der Waals surface area contributed by atoms with Gasteiger partial charge in [0.15, 0.2) is 0 Å². The van der Waals surface area contributed by atoms with Crippen LogP contribution >= 0.6 is 11.8 Å². The minimum atomic E-state index is -0.232. The van der Waals surface area contributed by atoms with Crippen LogP contribution in [0.15, 0.2) is 34.2 Å². The van der Waals surface area contributed by atoms with Crippen molar-refractivity contribution in [3.8, 4) is 0 Å². The summed E-state index contributed by atoms with van der Waals surface area (Å²) in [6, 6.07) is 6.60. The van der Waals surface area contributed by atoms with E-state index in [-0.39, 0.29) is 18.3 Å². The number of hydrogen-bond acceptors (Lipinski definition) is 3. The topological polar surface area (TPSA) is 38.0 Å². The first-order valence-corrected chi connectivity index (χ1v) is 8.02. The van der Waals surface area contributed by atoms with Gasteiger partial charge in [0.2, 0.25) is 0 Å². The summed E-state index contributed by atoms with van der Waals surface area (Å²) >= 11 is 1.53. The smallest absolute Gasteiger partial charge is 0.124 e. The summed E-state index contributed by atoms with van der Waals surface area (Å²) in [6.07, 6.45) is 0.539. The maximum absolute atomic E-state index is 13.4. The summed E-state index contributed by atoms with van der Waals surface area (Å²) in [4.78, 5) is 5.54. The van der Waals surface area contributed by atoms with E-state index in [1.54, 1.807) is 6.07 Å². The Kier molecular flexibility index (Phi) is 5.42. The van der Waals surface area contributed by atoms with Gasteiger partial charge < -0.3 is 9.67 Å². The van der Waals surface area contributed by atoms with Crippen LogP contribution < -0.4 is 0 Å². The fraction of sp³-hybridized carbons (Fsp3) is 0.438. The van der Waals surface area contributed by atoms with Crippen LogP contribution in [-0.2, 0) is 13.0 Å². The van der Waals surface area contributed by atoms with Crippen molar-refractivity contribution in [3.05, 3.63) is 41.6 Å². The first-order chi connectivity index (χ1) is 10.1. The number of benzene rings is 1. The average molecular weight is 308 g/mol. The molecule has 0 fully saturated rings. The largest absolute Gasteiger partial charge is 0.396 e. The van der Waals surface area contributed by atoms with Gasteiger partial charge in [-0.1, -0.05) is 31.7 Å². The van der Waals surface area contributed by atoms with E-state index in [9.17, 15) is 9.50 Å². The van der Waals surface area contributed by atoms with Crippen molar-refractivity contribution < 1.29 is 9.50 Å². The van der Waals surface area contributed by atoms with Crippen LogP contribution in [0, 0.1) is 5.82 Å². The summed E-state index contributed by atoms with van der Waals surface area (Å²) in [7, 11) is 0. The Bertz CT molecular complexity index is 610. The highest BCUT2D eigenvalue weighted by Crippen LogP contribution is 2.35. The lowest BCUT2D eigenvalue weighted by molar-refractivity contribution is 0.294. The van der Waals surface area contributed by atoms with Crippen LogP contribution in [0.5, 0.6) is 0 Å². The zero-order valence-corrected chi connectivity index (χ0v) is 13.5. The van der Waals surface area contributed by atoms with E-state index in [4.69, 9.17) is 0 Å². The third-order valence-electron chi connectivity index (χ3n) is 3.23. The predicted molar refractivity (Wildman–Crippen MR) is 83.3 cm³/mol. The third kappa shape index (κ3) is 3.66. The lowest BCUT2D eigenvalue weighted by Crippen LogP contribution is -2.05. The monoisotopic (exact) mass is 308 g/mol. The molecule has 2 aromatic rings. The Labute approximate surface area is 129 Å². The Morgan fingerprint density at radius 1 is 1.38 bits per heavy atom. The summed E-state index contributed by atoms with van der Waals surface area (Å²) in [6.45, 7) is 7.12. The molecular weight excluding hydrogens is 287 g/mol. The van der Waals surface area contributed by atoms with Gasteiger partial charge in [0, 0.05) is 17.9 Å². The molecule has 0 bridgehead atoms. The van der Waals surface area contributed by atoms with Gasteiger partial charge in [0.1, 0.15) is 16.7 Å². The van der Waals surface area contributed by atoms with Crippen molar-refractivity contribution in [2.24, 2.45) is 0 Å². The normalized spacial score (nSPS) is 11.3. The van der Waals surface area contributed by atoms with Gasteiger partial charge in [-0.2, -0.15) is 0 Å². The second kappa shape index (κ2) is 7.09. The molecule has 0 aliphatic heterocycles. The maximum atomic E-state index is 13.4. The van der Waals surface area contributed by atoms with Crippen molar-refractivity contribution in [2.75, 3.05) is 6.61 Å². The standard InChI is InChI=1S/C16H21FN2OS/c1-4-19-14(8-9-20)18-15(11(2)3)16(19)21-13-7-5-6-12(17)10-13/h5-7,10-11,20H,4,8-9H2,1-3H3. The Hall–Kier alpha value is -1.33. The molecule has 0 aliphatic rings. The molecule has 5 heteroatoms. The Balaban J connectivity index is 2.44. The zero-order chi connectivity index (χ0) is 15.4. The highest BCUT2D eigenvalue weighted by atomic mass is 32.2. The third-order valence-corrected chi connectivity index (χ3v) is 4.35. The van der Waals surface area contributed by atoms with Crippen molar-refractivity contribution in [2.45, 2.75) is 49.6 Å². The molecule has 21 heavy (non-hydrogen) atoms. The van der Waals surface area contributed by atoms with Crippen LogP contribution in [0.4, 0.5) is 4.39 Å². The van der Waals surface area contributed by atoms with E-state index in [2.05, 4.69) is 30.3 Å². The molecule has 2 rings (SSSR count). The fourth-order valence-electron chi connectivity index (χ4n) is 2.25. The van der Waals surface area contributed by atoms with E-state index in [1.807, 2.05) is 6.07 Å². The molecular formula is C16H21FN2OS. The number of halogens is 1. The molecule has 0 radical (unpaired) electrons. The number of nitrogens with zero attached hydrogens (tertiary/aromatic N) is 2. The van der Waals surface area contributed by atoms with E-state index in [0.29, 0.717) is 6.42 Å². The SMILES string of the molecule is CCn1c(CCO)nc(C(C)C)c1Sc1cccc(F)c1. The maximum Gasteiger partial charge on any atom is 0.124 e. The first-order valence-electron chi connectivity index (χ1n) is 7.20. The fourth-order valence-corrected chi connectivity index (χ4v) is 3.52. The number of aliphatic hydroxyl groups is 1. The quantitative estimate of drug-likeness (QED) is 0.881. The number of aromatic nitrogens is 2. The highest BCUT2D eigenvalue weighted by molar-refractivity contribution is 7.99. The molecule has 0 spiro atoms. The van der Waals surface area contributed by atoms with Gasteiger partial charge in [-0.25, -0.2) is 9.37 Å². The van der Waals surface area contributed by atoms with E-state index < -0.39 is 0 Å². The van der Waals surface area contributed by atoms with Crippen molar-refractivity contribution in [3.63, 3.8) is 0 Å². The average Bonchev–Trinajstić information content (AvgIpc) is 2.77. The molecule has 1 heterocycles. The molecule has 1 aromatic carbocycles. The van der Waals surface area contributed by atoms with Crippen LogP contribution in [0.25, 0.3) is 0 Å². The molecule has 114 valence electrons. The molecule has 0 saturated heterocycles. The number of aliphatic hydroxyl groups excluding tert-OH is 1. The van der Waals surface area contributed by atoms with Gasteiger partial charge in [0.05, 0.1) is 12.3 Å². The number of hydrogen-bond donors (Lipinski definition) is 1. The van der Waals surface area contributed by atoms with Gasteiger partial charge in [-0.05, 0) is 31.0 Å². The van der Waals surface area contributed by atoms with E-state index in [0.717, 1.165) is 28.0 Å². The second-order valence-electron chi connectivity index (χ2n) is 5.15. The summed E-state index contributed by atoms with van der Waals surface area (Å²) < 4.78 is 15.5. The van der Waals surface area contributed by atoms with Crippen LogP contribution in [-0.4, -0.2) is 21.3 Å². The molecule has 0 saturated carbocycles. The molecule has 0 aliphatic carbocycles. The second-order valence-corrected chi connectivity index (χ2v) is 6.21. The molecule has 0 amide bonds. The molecule has 1 N–H and O–H groups in total. The van der Waals surface area contributed by atoms with Crippen molar-refractivity contribution in [1.82, 2.24) is 9.55 Å². The minimum absolute atomic E-state index is 0.0820. The van der Waals surface area contributed by atoms with Gasteiger partial charge in [0.25, 0.3) is 0 Å². The molecule has 0 atom stereocenters. The van der Waals surface area contributed by atoms with E-state index >= 15 is 0 Å². The number of imidazole rings is 1. The predicted octanol–water partition coefficient (Wildman–Crippen LogP) is 3.85.